The molecule has 0 fully saturated rings. The van der Waals surface area contributed by atoms with Gasteiger partial charge in [0.25, 0.3) is 5.56 Å². The summed E-state index contributed by atoms with van der Waals surface area (Å²) in [5, 5.41) is 10.5. The van der Waals surface area contributed by atoms with Crippen LogP contribution in [0.2, 0.25) is 0 Å². The first-order valence-electron chi connectivity index (χ1n) is 8.57. The minimum absolute atomic E-state index is 0. The molecule has 0 radical (unpaired) electrons. The summed E-state index contributed by atoms with van der Waals surface area (Å²) in [6, 6.07) is 10.3. The van der Waals surface area contributed by atoms with E-state index in [0.717, 1.165) is 40.2 Å². The second-order valence-electron chi connectivity index (χ2n) is 6.58. The molecule has 1 aliphatic heterocycles. The number of nitrogens with zero attached hydrogens (tertiary/aromatic N) is 2. The number of H-pyrrole nitrogens is 2. The Hall–Kier alpha value is -2.35. The van der Waals surface area contributed by atoms with E-state index in [-0.39, 0.29) is 36.4 Å². The number of para-hydroxylation sites is 1. The summed E-state index contributed by atoms with van der Waals surface area (Å²) in [6.45, 7) is 1.97. The van der Waals surface area contributed by atoms with Crippen LogP contribution in [0.3, 0.4) is 0 Å². The first-order chi connectivity index (χ1) is 12.7. The zero-order chi connectivity index (χ0) is 17.7. The van der Waals surface area contributed by atoms with Crippen molar-refractivity contribution in [1.82, 2.24) is 20.2 Å². The van der Waals surface area contributed by atoms with Crippen molar-refractivity contribution >= 4 is 52.1 Å². The highest BCUT2D eigenvalue weighted by Crippen LogP contribution is 2.34. The lowest BCUT2D eigenvalue weighted by molar-refractivity contribution is 0.631. The highest BCUT2D eigenvalue weighted by atomic mass is 35.5. The molecule has 0 saturated heterocycles. The smallest absolute Gasteiger partial charge is 0.268 e. The number of anilines is 1. The minimum Gasteiger partial charge on any atom is -0.375 e. The number of benzene rings is 1. The van der Waals surface area contributed by atoms with Crippen LogP contribution < -0.4 is 10.9 Å². The number of aromatic nitrogens is 4. The zero-order valence-corrected chi connectivity index (χ0v) is 17.4. The van der Waals surface area contributed by atoms with Crippen LogP contribution in [0, 0.1) is 6.92 Å². The molecule has 6 nitrogen and oxygen atoms in total. The molecule has 9 heteroatoms. The van der Waals surface area contributed by atoms with Gasteiger partial charge in [0, 0.05) is 21.8 Å². The number of fused-ring (bicyclic) bond motifs is 2. The SMILES string of the molecule is Cc1[nH]ncc1-c1cc2nc(C3CCc4ccccc4N3)[nH]c(=O)c2s1.Cl.Cl. The molecular weight excluding hydrogens is 417 g/mol. The molecule has 4 heterocycles. The van der Waals surface area contributed by atoms with Gasteiger partial charge in [-0.15, -0.1) is 36.2 Å². The van der Waals surface area contributed by atoms with E-state index in [0.29, 0.717) is 10.5 Å². The summed E-state index contributed by atoms with van der Waals surface area (Å²) in [5.41, 5.74) is 5.08. The summed E-state index contributed by atoms with van der Waals surface area (Å²) < 4.78 is 0.653. The average molecular weight is 436 g/mol. The number of aryl methyl sites for hydroxylation is 2. The van der Waals surface area contributed by atoms with Crippen LogP contribution in [0.15, 0.2) is 41.3 Å². The van der Waals surface area contributed by atoms with E-state index in [2.05, 4.69) is 38.7 Å². The van der Waals surface area contributed by atoms with Crippen molar-refractivity contribution < 1.29 is 0 Å². The lowest BCUT2D eigenvalue weighted by Crippen LogP contribution is -2.23. The van der Waals surface area contributed by atoms with Crippen molar-refractivity contribution in [3.63, 3.8) is 0 Å². The van der Waals surface area contributed by atoms with Crippen molar-refractivity contribution in [1.29, 1.82) is 0 Å². The fraction of sp³-hybridized carbons (Fsp3) is 0.211. The Morgan fingerprint density at radius 1 is 1.21 bits per heavy atom. The molecule has 28 heavy (non-hydrogen) atoms. The van der Waals surface area contributed by atoms with Gasteiger partial charge in [-0.25, -0.2) is 4.98 Å². The van der Waals surface area contributed by atoms with Crippen LogP contribution in [0.25, 0.3) is 20.7 Å². The summed E-state index contributed by atoms with van der Waals surface area (Å²) in [5.74, 6) is 0.699. The summed E-state index contributed by atoms with van der Waals surface area (Å²) in [6.07, 6.45) is 3.66. The molecule has 0 spiro atoms. The Balaban J connectivity index is 0.00000112. The molecule has 0 aliphatic carbocycles. The molecule has 1 aliphatic rings. The van der Waals surface area contributed by atoms with E-state index >= 15 is 0 Å². The van der Waals surface area contributed by atoms with Gasteiger partial charge < -0.3 is 10.3 Å². The van der Waals surface area contributed by atoms with Crippen LogP contribution in [-0.2, 0) is 6.42 Å². The van der Waals surface area contributed by atoms with E-state index in [4.69, 9.17) is 4.98 Å². The summed E-state index contributed by atoms with van der Waals surface area (Å²) in [4.78, 5) is 21.4. The fourth-order valence-corrected chi connectivity index (χ4v) is 4.56. The normalized spacial score (nSPS) is 15.2. The molecule has 146 valence electrons. The van der Waals surface area contributed by atoms with Crippen LogP contribution in [-0.4, -0.2) is 20.2 Å². The van der Waals surface area contributed by atoms with E-state index < -0.39 is 0 Å². The van der Waals surface area contributed by atoms with Gasteiger partial charge in [-0.3, -0.25) is 9.89 Å². The number of hydrogen-bond donors (Lipinski definition) is 3. The average Bonchev–Trinajstić information content (AvgIpc) is 3.27. The Labute approximate surface area is 177 Å². The van der Waals surface area contributed by atoms with Crippen molar-refractivity contribution in [2.45, 2.75) is 25.8 Å². The van der Waals surface area contributed by atoms with Gasteiger partial charge in [-0.2, -0.15) is 5.10 Å². The van der Waals surface area contributed by atoms with Gasteiger partial charge in [-0.05, 0) is 37.5 Å². The van der Waals surface area contributed by atoms with E-state index in [9.17, 15) is 4.79 Å². The van der Waals surface area contributed by atoms with Crippen LogP contribution in [0.1, 0.15) is 29.5 Å². The van der Waals surface area contributed by atoms with Crippen molar-refractivity contribution in [3.8, 4) is 10.4 Å². The molecule has 4 aromatic rings. The minimum atomic E-state index is -0.0805. The third kappa shape index (κ3) is 3.41. The zero-order valence-electron chi connectivity index (χ0n) is 15.0. The number of halogens is 2. The number of hydrogen-bond acceptors (Lipinski definition) is 5. The molecule has 3 N–H and O–H groups in total. The number of aromatic amines is 2. The van der Waals surface area contributed by atoms with Gasteiger partial charge in [0.05, 0.1) is 17.8 Å². The second kappa shape index (κ2) is 7.95. The molecule has 1 unspecified atom stereocenters. The van der Waals surface area contributed by atoms with Crippen LogP contribution in [0.4, 0.5) is 5.69 Å². The number of nitrogens with one attached hydrogen (secondary N) is 3. The molecule has 3 aromatic heterocycles. The van der Waals surface area contributed by atoms with Gasteiger partial charge in [0.15, 0.2) is 0 Å². The number of rotatable bonds is 2. The standard InChI is InChI=1S/C19H17N5OS.2ClH/c1-10-12(9-20-24-10)16-8-15-17(26-16)19(25)23-18(22-15)14-7-6-11-4-2-3-5-13(11)21-14;;/h2-5,8-9,14,21H,6-7H2,1H3,(H,20,24)(H,22,23,25);2*1H. The lowest BCUT2D eigenvalue weighted by Gasteiger charge is -2.26. The topological polar surface area (TPSA) is 86.5 Å². The van der Waals surface area contributed by atoms with Crippen molar-refractivity contribution in [2.75, 3.05) is 5.32 Å². The Morgan fingerprint density at radius 3 is 2.82 bits per heavy atom. The van der Waals surface area contributed by atoms with Crippen molar-refractivity contribution in [3.05, 3.63) is 64.0 Å². The van der Waals surface area contributed by atoms with Crippen LogP contribution >= 0.6 is 36.2 Å². The van der Waals surface area contributed by atoms with E-state index in [1.807, 2.05) is 19.1 Å². The maximum atomic E-state index is 12.6. The fourth-order valence-electron chi connectivity index (χ4n) is 3.50. The molecule has 0 saturated carbocycles. The largest absolute Gasteiger partial charge is 0.375 e. The van der Waals surface area contributed by atoms with Crippen LogP contribution in [0.5, 0.6) is 0 Å². The second-order valence-corrected chi connectivity index (χ2v) is 7.63. The molecule has 5 rings (SSSR count). The van der Waals surface area contributed by atoms with Gasteiger partial charge in [-0.1, -0.05) is 18.2 Å². The monoisotopic (exact) mass is 435 g/mol. The Morgan fingerprint density at radius 2 is 2.04 bits per heavy atom. The van der Waals surface area contributed by atoms with E-state index in [1.54, 1.807) is 6.20 Å². The predicted octanol–water partition coefficient (Wildman–Crippen LogP) is 4.63. The quantitative estimate of drug-likeness (QED) is 0.428. The number of thiophene rings is 1. The van der Waals surface area contributed by atoms with Gasteiger partial charge in [0.2, 0.25) is 0 Å². The molecule has 1 aromatic carbocycles. The first kappa shape index (κ1) is 20.4. The van der Waals surface area contributed by atoms with Gasteiger partial charge >= 0.3 is 0 Å². The van der Waals surface area contributed by atoms with Gasteiger partial charge in [0.1, 0.15) is 10.5 Å². The lowest BCUT2D eigenvalue weighted by atomic mass is 9.98. The molecular formula is C19H19Cl2N5OS. The Bertz CT molecular complexity index is 1180. The highest BCUT2D eigenvalue weighted by molar-refractivity contribution is 7.22. The summed E-state index contributed by atoms with van der Waals surface area (Å²) in [7, 11) is 0. The highest BCUT2D eigenvalue weighted by Gasteiger charge is 2.22. The third-order valence-electron chi connectivity index (χ3n) is 4.88. The first-order valence-corrected chi connectivity index (χ1v) is 9.39. The maximum absolute atomic E-state index is 12.6. The maximum Gasteiger partial charge on any atom is 0.268 e. The molecule has 0 amide bonds. The molecule has 1 atom stereocenters. The van der Waals surface area contributed by atoms with E-state index in [1.165, 1.54) is 16.9 Å². The predicted molar refractivity (Wildman–Crippen MR) is 118 cm³/mol. The third-order valence-corrected chi connectivity index (χ3v) is 6.03. The van der Waals surface area contributed by atoms with Crippen molar-refractivity contribution in [2.24, 2.45) is 0 Å². The summed E-state index contributed by atoms with van der Waals surface area (Å²) >= 11 is 1.45. The Kier molecular flexibility index (Phi) is 5.79. The molecule has 0 bridgehead atoms.